The molecule has 0 unspecified atom stereocenters. The van der Waals surface area contributed by atoms with Crippen molar-refractivity contribution in [3.8, 4) is 23.0 Å². The van der Waals surface area contributed by atoms with Gasteiger partial charge in [0.1, 0.15) is 36.2 Å². The lowest BCUT2D eigenvalue weighted by Crippen LogP contribution is -2.08. The summed E-state index contributed by atoms with van der Waals surface area (Å²) in [5.74, 6) is 1.22. The minimum atomic E-state index is -0.445. The summed E-state index contributed by atoms with van der Waals surface area (Å²) in [4.78, 5) is 24.9. The van der Waals surface area contributed by atoms with Gasteiger partial charge in [-0.1, -0.05) is 72.8 Å². The van der Waals surface area contributed by atoms with Crippen LogP contribution in [0, 0.1) is 0 Å². The van der Waals surface area contributed by atoms with Crippen LogP contribution in [0.4, 0.5) is 0 Å². The molecule has 0 saturated carbocycles. The third-order valence-electron chi connectivity index (χ3n) is 5.88. The Morgan fingerprint density at radius 3 is 1.20 bits per heavy atom. The van der Waals surface area contributed by atoms with Crippen LogP contribution in [0.5, 0.6) is 23.0 Å². The molecule has 198 valence electrons. The number of esters is 2. The molecular formula is C34H26O6. The fourth-order valence-corrected chi connectivity index (χ4v) is 3.80. The van der Waals surface area contributed by atoms with E-state index in [1.165, 1.54) is 0 Å². The Hall–Kier alpha value is -5.36. The normalized spacial score (nSPS) is 10.4. The van der Waals surface area contributed by atoms with Crippen LogP contribution in [0.25, 0.3) is 0 Å². The van der Waals surface area contributed by atoms with Gasteiger partial charge in [0.05, 0.1) is 11.1 Å². The van der Waals surface area contributed by atoms with Crippen LogP contribution in [-0.2, 0) is 13.2 Å². The van der Waals surface area contributed by atoms with Gasteiger partial charge in [-0.2, -0.15) is 0 Å². The molecule has 5 rings (SSSR count). The predicted octanol–water partition coefficient (Wildman–Crippen LogP) is 7.28. The summed E-state index contributed by atoms with van der Waals surface area (Å²) in [6.07, 6.45) is 0. The number of hydrogen-bond acceptors (Lipinski definition) is 6. The van der Waals surface area contributed by atoms with Crippen molar-refractivity contribution in [2.75, 3.05) is 0 Å². The van der Waals surface area contributed by atoms with Crippen LogP contribution < -0.4 is 18.9 Å². The zero-order valence-electron chi connectivity index (χ0n) is 21.6. The first-order valence-electron chi connectivity index (χ1n) is 12.7. The molecule has 0 aliphatic rings. The Kier molecular flexibility index (Phi) is 8.49. The van der Waals surface area contributed by atoms with E-state index in [0.29, 0.717) is 47.3 Å². The standard InChI is InChI=1S/C34H26O6/c35-33(39-29-11-3-1-4-12-29)27-9-7-15-31(21-27)37-23-25-17-19-26(20-18-25)24-38-32-16-8-10-28(22-32)34(36)40-30-13-5-2-6-14-30/h1-22H,23-24H2. The van der Waals surface area contributed by atoms with Crippen molar-refractivity contribution in [2.24, 2.45) is 0 Å². The molecule has 5 aromatic carbocycles. The zero-order valence-corrected chi connectivity index (χ0v) is 21.6. The van der Waals surface area contributed by atoms with E-state index in [4.69, 9.17) is 18.9 Å². The molecule has 0 fully saturated rings. The maximum atomic E-state index is 12.5. The van der Waals surface area contributed by atoms with Crippen molar-refractivity contribution >= 4 is 11.9 Å². The van der Waals surface area contributed by atoms with Crippen LogP contribution >= 0.6 is 0 Å². The van der Waals surface area contributed by atoms with E-state index in [-0.39, 0.29) is 0 Å². The first-order chi connectivity index (χ1) is 19.6. The van der Waals surface area contributed by atoms with Crippen molar-refractivity contribution in [1.29, 1.82) is 0 Å². The molecule has 0 bridgehead atoms. The van der Waals surface area contributed by atoms with Crippen LogP contribution in [0.2, 0.25) is 0 Å². The Balaban J connectivity index is 1.12. The van der Waals surface area contributed by atoms with Gasteiger partial charge in [0.25, 0.3) is 0 Å². The molecule has 0 spiro atoms. The molecule has 0 aliphatic heterocycles. The Morgan fingerprint density at radius 2 is 0.800 bits per heavy atom. The molecule has 6 nitrogen and oxygen atoms in total. The van der Waals surface area contributed by atoms with E-state index in [1.54, 1.807) is 72.8 Å². The van der Waals surface area contributed by atoms with Gasteiger partial charge in [-0.15, -0.1) is 0 Å². The second-order valence-electron chi connectivity index (χ2n) is 8.85. The van der Waals surface area contributed by atoms with E-state index in [1.807, 2.05) is 60.7 Å². The van der Waals surface area contributed by atoms with Crippen LogP contribution in [0.3, 0.4) is 0 Å². The highest BCUT2D eigenvalue weighted by atomic mass is 16.5. The number of ether oxygens (including phenoxy) is 4. The zero-order chi connectivity index (χ0) is 27.6. The fourth-order valence-electron chi connectivity index (χ4n) is 3.80. The maximum absolute atomic E-state index is 12.5. The van der Waals surface area contributed by atoms with Crippen molar-refractivity contribution in [3.63, 3.8) is 0 Å². The highest BCUT2D eigenvalue weighted by Gasteiger charge is 2.11. The third-order valence-corrected chi connectivity index (χ3v) is 5.88. The lowest BCUT2D eigenvalue weighted by molar-refractivity contribution is 0.0724. The van der Waals surface area contributed by atoms with E-state index < -0.39 is 11.9 Å². The first kappa shape index (κ1) is 26.3. The summed E-state index contributed by atoms with van der Waals surface area (Å²) in [7, 11) is 0. The Bertz CT molecular complexity index is 1440. The van der Waals surface area contributed by atoms with Gasteiger partial charge in [0.2, 0.25) is 0 Å². The van der Waals surface area contributed by atoms with Gasteiger partial charge in [0, 0.05) is 0 Å². The fraction of sp³-hybridized carbons (Fsp3) is 0.0588. The van der Waals surface area contributed by atoms with Crippen molar-refractivity contribution in [3.05, 3.63) is 156 Å². The smallest absolute Gasteiger partial charge is 0.343 e. The summed E-state index contributed by atoms with van der Waals surface area (Å²) >= 11 is 0. The monoisotopic (exact) mass is 530 g/mol. The molecular weight excluding hydrogens is 504 g/mol. The minimum absolute atomic E-state index is 0.337. The lowest BCUT2D eigenvalue weighted by atomic mass is 10.1. The quantitative estimate of drug-likeness (QED) is 0.140. The molecule has 0 saturated heterocycles. The number of benzene rings is 5. The predicted molar refractivity (Wildman–Crippen MR) is 151 cm³/mol. The Morgan fingerprint density at radius 1 is 0.425 bits per heavy atom. The largest absolute Gasteiger partial charge is 0.489 e. The third kappa shape index (κ3) is 7.36. The first-order valence-corrected chi connectivity index (χ1v) is 12.7. The van der Waals surface area contributed by atoms with E-state index in [9.17, 15) is 9.59 Å². The average molecular weight is 531 g/mol. The van der Waals surface area contributed by atoms with Gasteiger partial charge < -0.3 is 18.9 Å². The topological polar surface area (TPSA) is 71.1 Å². The Labute approximate surface area is 232 Å². The molecule has 0 radical (unpaired) electrons. The van der Waals surface area contributed by atoms with E-state index in [0.717, 1.165) is 11.1 Å². The highest BCUT2D eigenvalue weighted by Crippen LogP contribution is 2.20. The summed E-state index contributed by atoms with van der Waals surface area (Å²) in [6, 6.07) is 39.5. The number of carbonyl (C=O) groups excluding carboxylic acids is 2. The summed E-state index contributed by atoms with van der Waals surface area (Å²) in [6.45, 7) is 0.674. The molecule has 0 N–H and O–H groups in total. The van der Waals surface area contributed by atoms with Gasteiger partial charge >= 0.3 is 11.9 Å². The molecule has 6 heteroatoms. The van der Waals surface area contributed by atoms with Crippen molar-refractivity contribution in [2.45, 2.75) is 13.2 Å². The molecule has 0 amide bonds. The summed E-state index contributed by atoms with van der Waals surface area (Å²) in [5, 5.41) is 0. The van der Waals surface area contributed by atoms with Gasteiger partial charge in [-0.25, -0.2) is 9.59 Å². The maximum Gasteiger partial charge on any atom is 0.343 e. The molecule has 0 aliphatic carbocycles. The van der Waals surface area contributed by atoms with Crippen LogP contribution in [0.15, 0.2) is 133 Å². The molecule has 0 atom stereocenters. The molecule has 0 heterocycles. The average Bonchev–Trinajstić information content (AvgIpc) is 3.01. The molecule has 5 aromatic rings. The van der Waals surface area contributed by atoms with Gasteiger partial charge in [0.15, 0.2) is 0 Å². The van der Waals surface area contributed by atoms with E-state index >= 15 is 0 Å². The number of para-hydroxylation sites is 2. The van der Waals surface area contributed by atoms with Crippen LogP contribution in [0.1, 0.15) is 31.8 Å². The number of hydrogen-bond donors (Lipinski definition) is 0. The SMILES string of the molecule is O=C(Oc1ccccc1)c1cccc(OCc2ccc(COc3cccc(C(=O)Oc4ccccc4)c3)cc2)c1. The highest BCUT2D eigenvalue weighted by molar-refractivity contribution is 5.92. The van der Waals surface area contributed by atoms with Crippen LogP contribution in [-0.4, -0.2) is 11.9 Å². The van der Waals surface area contributed by atoms with Crippen molar-refractivity contribution in [1.82, 2.24) is 0 Å². The van der Waals surface area contributed by atoms with Gasteiger partial charge in [-0.05, 0) is 71.8 Å². The molecule has 0 aromatic heterocycles. The van der Waals surface area contributed by atoms with E-state index in [2.05, 4.69) is 0 Å². The number of carbonyl (C=O) groups is 2. The van der Waals surface area contributed by atoms with Gasteiger partial charge in [-0.3, -0.25) is 0 Å². The second-order valence-corrected chi connectivity index (χ2v) is 8.85. The minimum Gasteiger partial charge on any atom is -0.489 e. The lowest BCUT2D eigenvalue weighted by Gasteiger charge is -2.10. The van der Waals surface area contributed by atoms with Crippen molar-refractivity contribution < 1.29 is 28.5 Å². The summed E-state index contributed by atoms with van der Waals surface area (Å²) < 4.78 is 22.6. The number of rotatable bonds is 10. The second kappa shape index (κ2) is 12.9. The molecule has 40 heavy (non-hydrogen) atoms. The summed E-state index contributed by atoms with van der Waals surface area (Å²) in [5.41, 5.74) is 2.75.